The molecule has 2 heterocycles. The second-order valence-electron chi connectivity index (χ2n) is 5.90. The highest BCUT2D eigenvalue weighted by molar-refractivity contribution is 7.99. The fourth-order valence-electron chi connectivity index (χ4n) is 2.82. The topological polar surface area (TPSA) is 77.3 Å². The van der Waals surface area contributed by atoms with E-state index in [1.807, 2.05) is 0 Å². The van der Waals surface area contributed by atoms with Crippen LogP contribution in [0, 0.1) is 0 Å². The van der Waals surface area contributed by atoms with E-state index in [2.05, 4.69) is 10.3 Å². The third-order valence-electron chi connectivity index (χ3n) is 4.12. The minimum absolute atomic E-state index is 0.141. The van der Waals surface area contributed by atoms with Gasteiger partial charge in [0.2, 0.25) is 0 Å². The van der Waals surface area contributed by atoms with E-state index in [9.17, 15) is 22.8 Å². The molecule has 2 aromatic rings. The summed E-state index contributed by atoms with van der Waals surface area (Å²) in [5.74, 6) is -0.0746. The summed E-state index contributed by atoms with van der Waals surface area (Å²) in [6.07, 6.45) is -3.44. The van der Waals surface area contributed by atoms with Crippen molar-refractivity contribution in [1.82, 2.24) is 19.9 Å². The normalized spacial score (nSPS) is 17.4. The Morgan fingerprint density at radius 1 is 1.32 bits per heavy atom. The highest BCUT2D eigenvalue weighted by Gasteiger charge is 2.36. The molecule has 0 aliphatic carbocycles. The minimum atomic E-state index is -4.58. The summed E-state index contributed by atoms with van der Waals surface area (Å²) in [6.45, 7) is 2.16. The second-order valence-corrected chi connectivity index (χ2v) is 7.05. The Balaban J connectivity index is 1.88. The average Bonchev–Trinajstić information content (AvgIpc) is 3.17. The Kier molecular flexibility index (Phi) is 5.92. The number of carbonyl (C=O) groups is 2. The van der Waals surface area contributed by atoms with E-state index < -0.39 is 29.7 Å². The number of aromatic nitrogens is 3. The smallest absolute Gasteiger partial charge is 0.418 e. The van der Waals surface area contributed by atoms with Crippen LogP contribution < -0.4 is 0 Å². The number of hydrogen-bond donors (Lipinski definition) is 0. The first kappa shape index (κ1) is 20.2. The molecule has 0 N–H and O–H groups in total. The number of thioether (sulfide) groups is 1. The molecule has 0 saturated carbocycles. The first-order valence-electron chi connectivity index (χ1n) is 8.47. The lowest BCUT2D eigenvalue weighted by Crippen LogP contribution is -2.51. The summed E-state index contributed by atoms with van der Waals surface area (Å²) in [5, 5.41) is 7.41. The van der Waals surface area contributed by atoms with E-state index in [4.69, 9.17) is 4.74 Å². The van der Waals surface area contributed by atoms with Crippen LogP contribution in [0.15, 0.2) is 30.5 Å². The summed E-state index contributed by atoms with van der Waals surface area (Å²) in [6, 6.07) is 4.11. The summed E-state index contributed by atoms with van der Waals surface area (Å²) < 4.78 is 45.6. The molecular weight excluding hydrogens is 397 g/mol. The van der Waals surface area contributed by atoms with Gasteiger partial charge in [-0.1, -0.05) is 17.3 Å². The van der Waals surface area contributed by atoms with Gasteiger partial charge >= 0.3 is 12.1 Å². The number of amides is 1. The predicted octanol–water partition coefficient (Wildman–Crippen LogP) is 2.41. The van der Waals surface area contributed by atoms with Crippen LogP contribution in [0.1, 0.15) is 23.0 Å². The number of carbonyl (C=O) groups excluding carboxylic acids is 2. The molecule has 7 nitrogen and oxygen atoms in total. The first-order valence-corrected chi connectivity index (χ1v) is 9.62. The monoisotopic (exact) mass is 414 g/mol. The lowest BCUT2D eigenvalue weighted by Gasteiger charge is -2.33. The maximum Gasteiger partial charge on any atom is 0.418 e. The largest absolute Gasteiger partial charge is 0.464 e. The van der Waals surface area contributed by atoms with Crippen molar-refractivity contribution < 1.29 is 27.5 Å². The molecule has 1 fully saturated rings. The van der Waals surface area contributed by atoms with Crippen molar-refractivity contribution in [2.75, 3.05) is 24.7 Å². The van der Waals surface area contributed by atoms with Gasteiger partial charge < -0.3 is 9.64 Å². The highest BCUT2D eigenvalue weighted by atomic mass is 32.2. The molecule has 1 aliphatic heterocycles. The van der Waals surface area contributed by atoms with Gasteiger partial charge in [-0.3, -0.25) is 4.79 Å². The van der Waals surface area contributed by atoms with Gasteiger partial charge in [0.25, 0.3) is 5.91 Å². The molecule has 0 unspecified atom stereocenters. The van der Waals surface area contributed by atoms with E-state index in [-0.39, 0.29) is 18.0 Å². The van der Waals surface area contributed by atoms with Gasteiger partial charge in [0.1, 0.15) is 6.04 Å². The van der Waals surface area contributed by atoms with Gasteiger partial charge in [-0.15, -0.1) is 5.10 Å². The van der Waals surface area contributed by atoms with E-state index in [1.165, 1.54) is 34.9 Å². The maximum absolute atomic E-state index is 13.2. The fourth-order valence-corrected chi connectivity index (χ4v) is 3.85. The summed E-state index contributed by atoms with van der Waals surface area (Å²) in [4.78, 5) is 26.3. The minimum Gasteiger partial charge on any atom is -0.464 e. The van der Waals surface area contributed by atoms with Crippen molar-refractivity contribution in [3.63, 3.8) is 0 Å². The first-order chi connectivity index (χ1) is 13.3. The van der Waals surface area contributed by atoms with Crippen molar-refractivity contribution in [3.05, 3.63) is 41.7 Å². The van der Waals surface area contributed by atoms with Crippen molar-refractivity contribution in [1.29, 1.82) is 0 Å². The third kappa shape index (κ3) is 4.13. The van der Waals surface area contributed by atoms with Crippen molar-refractivity contribution in [2.24, 2.45) is 0 Å². The molecule has 0 bridgehead atoms. The van der Waals surface area contributed by atoms with Crippen LogP contribution in [0.2, 0.25) is 0 Å². The SMILES string of the molecule is CCOC(=O)[C@H]1CSCCN1C(=O)c1cn(-c2ccccc2C(F)(F)F)nn1. The van der Waals surface area contributed by atoms with Gasteiger partial charge in [-0.25, -0.2) is 9.48 Å². The number of alkyl halides is 3. The molecule has 1 aromatic carbocycles. The van der Waals surface area contributed by atoms with Gasteiger partial charge in [0, 0.05) is 18.1 Å². The molecular formula is C17H17F3N4O3S. The van der Waals surface area contributed by atoms with Crippen LogP contribution in [0.3, 0.4) is 0 Å². The van der Waals surface area contributed by atoms with Gasteiger partial charge in [0.15, 0.2) is 5.69 Å². The summed E-state index contributed by atoms with van der Waals surface area (Å²) >= 11 is 1.52. The zero-order chi connectivity index (χ0) is 20.3. The molecule has 150 valence electrons. The molecule has 1 aromatic heterocycles. The predicted molar refractivity (Wildman–Crippen MR) is 95.1 cm³/mol. The Morgan fingerprint density at radius 2 is 2.07 bits per heavy atom. The second kappa shape index (κ2) is 8.21. The molecule has 1 amide bonds. The number of benzene rings is 1. The van der Waals surface area contributed by atoms with Crippen LogP contribution in [0.5, 0.6) is 0 Å². The van der Waals surface area contributed by atoms with Crippen molar-refractivity contribution in [2.45, 2.75) is 19.1 Å². The van der Waals surface area contributed by atoms with E-state index in [0.717, 1.165) is 16.9 Å². The molecule has 1 atom stereocenters. The fraction of sp³-hybridized carbons (Fsp3) is 0.412. The molecule has 28 heavy (non-hydrogen) atoms. The quantitative estimate of drug-likeness (QED) is 0.715. The van der Waals surface area contributed by atoms with Gasteiger partial charge in [0.05, 0.1) is 24.1 Å². The average molecular weight is 414 g/mol. The van der Waals surface area contributed by atoms with E-state index >= 15 is 0 Å². The number of esters is 1. The Bertz CT molecular complexity index is 871. The lowest BCUT2D eigenvalue weighted by molar-refractivity contribution is -0.147. The number of rotatable bonds is 4. The molecule has 3 rings (SSSR count). The number of nitrogens with zero attached hydrogens (tertiary/aromatic N) is 4. The van der Waals surface area contributed by atoms with Crippen LogP contribution >= 0.6 is 11.8 Å². The van der Waals surface area contributed by atoms with E-state index in [0.29, 0.717) is 18.1 Å². The van der Waals surface area contributed by atoms with E-state index in [1.54, 1.807) is 6.92 Å². The molecule has 1 saturated heterocycles. The van der Waals surface area contributed by atoms with Crippen molar-refractivity contribution in [3.8, 4) is 5.69 Å². The Labute approximate surface area is 162 Å². The maximum atomic E-state index is 13.2. The standard InChI is InChI=1S/C17H17F3N4O3S/c1-2-27-16(26)14-10-28-8-7-23(14)15(25)12-9-24(22-21-12)13-6-4-3-5-11(13)17(18,19)20/h3-6,9,14H,2,7-8,10H2,1H3/t14-/m1/s1. The summed E-state index contributed by atoms with van der Waals surface area (Å²) in [7, 11) is 0. The van der Waals surface area contributed by atoms with Crippen LogP contribution in [-0.2, 0) is 15.7 Å². The number of halogens is 3. The third-order valence-corrected chi connectivity index (χ3v) is 5.14. The van der Waals surface area contributed by atoms with Crippen LogP contribution in [0.4, 0.5) is 13.2 Å². The zero-order valence-corrected chi connectivity index (χ0v) is 15.7. The van der Waals surface area contributed by atoms with Crippen LogP contribution in [0.25, 0.3) is 5.69 Å². The molecule has 11 heteroatoms. The Hall–Kier alpha value is -2.56. The molecule has 1 aliphatic rings. The zero-order valence-electron chi connectivity index (χ0n) is 14.8. The molecule has 0 spiro atoms. The highest BCUT2D eigenvalue weighted by Crippen LogP contribution is 2.33. The lowest BCUT2D eigenvalue weighted by atomic mass is 10.1. The number of hydrogen-bond acceptors (Lipinski definition) is 6. The van der Waals surface area contributed by atoms with Gasteiger partial charge in [-0.05, 0) is 19.1 Å². The van der Waals surface area contributed by atoms with Gasteiger partial charge in [-0.2, -0.15) is 24.9 Å². The Morgan fingerprint density at radius 3 is 2.79 bits per heavy atom. The van der Waals surface area contributed by atoms with Crippen molar-refractivity contribution >= 4 is 23.6 Å². The summed E-state index contributed by atoms with van der Waals surface area (Å²) in [5.41, 5.74) is -1.27. The number of para-hydroxylation sites is 1. The number of ether oxygens (including phenoxy) is 1. The van der Waals surface area contributed by atoms with Crippen LogP contribution in [-0.4, -0.2) is 62.5 Å². The molecule has 0 radical (unpaired) electrons.